The lowest BCUT2D eigenvalue weighted by Gasteiger charge is -2.15. The van der Waals surface area contributed by atoms with Gasteiger partial charge >= 0.3 is 6.03 Å². The van der Waals surface area contributed by atoms with Gasteiger partial charge in [0, 0.05) is 42.0 Å². The van der Waals surface area contributed by atoms with Crippen molar-refractivity contribution in [1.82, 2.24) is 19.5 Å². The number of ether oxygens (including phenoxy) is 3. The monoisotopic (exact) mass is 475 g/mol. The first-order valence-corrected chi connectivity index (χ1v) is 10.6. The maximum absolute atomic E-state index is 12.5. The molecule has 0 saturated carbocycles. The zero-order valence-corrected chi connectivity index (χ0v) is 19.7. The summed E-state index contributed by atoms with van der Waals surface area (Å²) in [5.41, 5.74) is 1.90. The van der Waals surface area contributed by atoms with Gasteiger partial charge in [-0.15, -0.1) is 0 Å². The van der Waals surface area contributed by atoms with Gasteiger partial charge in [0.1, 0.15) is 23.8 Å². The molecule has 4 rings (SSSR count). The molecule has 0 bridgehead atoms. The number of urea groups is 1. The van der Waals surface area contributed by atoms with Crippen LogP contribution in [0.2, 0.25) is 0 Å². The molecule has 2 amide bonds. The number of aromatic nitrogens is 4. The van der Waals surface area contributed by atoms with Crippen LogP contribution in [0, 0.1) is 6.92 Å². The maximum atomic E-state index is 12.5. The van der Waals surface area contributed by atoms with E-state index in [1.807, 2.05) is 31.3 Å². The van der Waals surface area contributed by atoms with Crippen molar-refractivity contribution in [3.05, 3.63) is 67.0 Å². The first kappa shape index (κ1) is 23.4. The Morgan fingerprint density at radius 1 is 0.857 bits per heavy atom. The smallest absolute Gasteiger partial charge is 0.323 e. The summed E-state index contributed by atoms with van der Waals surface area (Å²) in [6.07, 6.45) is 5.18. The number of nitrogens with one attached hydrogen (secondary N) is 3. The zero-order valence-electron chi connectivity index (χ0n) is 19.7. The Kier molecular flexibility index (Phi) is 6.96. The molecule has 0 unspecified atom stereocenters. The minimum Gasteiger partial charge on any atom is -0.493 e. The molecule has 2 heterocycles. The zero-order chi connectivity index (χ0) is 24.8. The molecule has 0 aliphatic heterocycles. The average molecular weight is 476 g/mol. The van der Waals surface area contributed by atoms with Gasteiger partial charge in [-0.3, -0.25) is 4.57 Å². The number of nitrogens with zero attached hydrogens (tertiary/aromatic N) is 4. The number of anilines is 4. The number of hydrogen-bond acceptors (Lipinski definition) is 8. The van der Waals surface area contributed by atoms with Crippen LogP contribution in [0.3, 0.4) is 0 Å². The topological polar surface area (TPSA) is 124 Å². The Morgan fingerprint density at radius 2 is 1.51 bits per heavy atom. The lowest BCUT2D eigenvalue weighted by molar-refractivity contribution is 0.262. The normalized spacial score (nSPS) is 10.4. The molecular formula is C24H25N7O4. The van der Waals surface area contributed by atoms with Crippen LogP contribution in [0.1, 0.15) is 5.82 Å². The summed E-state index contributed by atoms with van der Waals surface area (Å²) < 4.78 is 17.7. The van der Waals surface area contributed by atoms with Gasteiger partial charge in [0.05, 0.1) is 27.0 Å². The van der Waals surface area contributed by atoms with Crippen molar-refractivity contribution < 1.29 is 19.0 Å². The number of imidazole rings is 1. The molecule has 0 radical (unpaired) electrons. The third-order valence-corrected chi connectivity index (χ3v) is 4.93. The Morgan fingerprint density at radius 3 is 2.11 bits per heavy atom. The van der Waals surface area contributed by atoms with Gasteiger partial charge < -0.3 is 30.2 Å². The van der Waals surface area contributed by atoms with E-state index in [-0.39, 0.29) is 0 Å². The van der Waals surface area contributed by atoms with Crippen molar-refractivity contribution in [3.63, 3.8) is 0 Å². The average Bonchev–Trinajstić information content (AvgIpc) is 3.39. The summed E-state index contributed by atoms with van der Waals surface area (Å²) >= 11 is 0. The summed E-state index contributed by atoms with van der Waals surface area (Å²) in [6, 6.07) is 11.9. The highest BCUT2D eigenvalue weighted by atomic mass is 16.5. The van der Waals surface area contributed by atoms with Crippen molar-refractivity contribution in [2.24, 2.45) is 0 Å². The molecule has 0 aliphatic rings. The summed E-state index contributed by atoms with van der Waals surface area (Å²) in [5, 5.41) is 8.81. The second kappa shape index (κ2) is 10.4. The molecule has 0 spiro atoms. The van der Waals surface area contributed by atoms with Gasteiger partial charge in [-0.05, 0) is 31.2 Å². The first-order valence-electron chi connectivity index (χ1n) is 10.6. The predicted octanol–water partition coefficient (Wildman–Crippen LogP) is 4.38. The van der Waals surface area contributed by atoms with Crippen LogP contribution < -0.4 is 30.2 Å². The third kappa shape index (κ3) is 5.58. The number of hydrogen-bond donors (Lipinski definition) is 3. The predicted molar refractivity (Wildman–Crippen MR) is 132 cm³/mol. The minimum atomic E-state index is -0.420. The van der Waals surface area contributed by atoms with Gasteiger partial charge in [0.15, 0.2) is 11.5 Å². The number of amides is 2. The van der Waals surface area contributed by atoms with Crippen LogP contribution in [0.25, 0.3) is 5.82 Å². The van der Waals surface area contributed by atoms with E-state index < -0.39 is 6.03 Å². The number of aryl methyl sites for hydroxylation is 1. The SMILES string of the molecule is COc1cc(NC(=O)Nc2ccc(Nc3cc(-n4ccnc4)nc(C)n3)cc2)cc(OC)c1OC. The molecule has 3 N–H and O–H groups in total. The van der Waals surface area contributed by atoms with Gasteiger partial charge in [-0.2, -0.15) is 0 Å². The molecule has 0 fully saturated rings. The molecule has 2 aromatic carbocycles. The number of benzene rings is 2. The largest absolute Gasteiger partial charge is 0.493 e. The lowest BCUT2D eigenvalue weighted by Crippen LogP contribution is -2.19. The number of carbonyl (C=O) groups is 1. The Hall–Kier alpha value is -4.80. The van der Waals surface area contributed by atoms with Gasteiger partial charge in [-0.25, -0.2) is 19.7 Å². The Bertz CT molecular complexity index is 1280. The number of rotatable bonds is 8. The number of carbonyl (C=O) groups excluding carboxylic acids is 1. The summed E-state index contributed by atoms with van der Waals surface area (Å²) in [7, 11) is 4.54. The highest BCUT2D eigenvalue weighted by Gasteiger charge is 2.14. The molecule has 4 aromatic rings. The van der Waals surface area contributed by atoms with Gasteiger partial charge in [-0.1, -0.05) is 0 Å². The van der Waals surface area contributed by atoms with Crippen molar-refractivity contribution in [2.75, 3.05) is 37.3 Å². The lowest BCUT2D eigenvalue weighted by atomic mass is 10.2. The van der Waals surface area contributed by atoms with Crippen molar-refractivity contribution in [3.8, 4) is 23.1 Å². The maximum Gasteiger partial charge on any atom is 0.323 e. The molecule has 11 nitrogen and oxygen atoms in total. The van der Waals surface area contributed by atoms with Crippen LogP contribution in [-0.2, 0) is 0 Å². The molecule has 180 valence electrons. The molecule has 0 saturated heterocycles. The molecule has 35 heavy (non-hydrogen) atoms. The molecular weight excluding hydrogens is 450 g/mol. The minimum absolute atomic E-state index is 0.420. The highest BCUT2D eigenvalue weighted by Crippen LogP contribution is 2.39. The second-order valence-electron chi connectivity index (χ2n) is 7.32. The van der Waals surface area contributed by atoms with Gasteiger partial charge in [0.25, 0.3) is 0 Å². The Labute approximate surface area is 202 Å². The second-order valence-corrected chi connectivity index (χ2v) is 7.32. The fraction of sp³-hybridized carbons (Fsp3) is 0.167. The third-order valence-electron chi connectivity index (χ3n) is 4.93. The van der Waals surface area contributed by atoms with Crippen LogP contribution >= 0.6 is 0 Å². The van der Waals surface area contributed by atoms with E-state index in [9.17, 15) is 4.79 Å². The Balaban J connectivity index is 1.41. The fourth-order valence-electron chi connectivity index (χ4n) is 3.37. The van der Waals surface area contributed by atoms with Crippen LogP contribution in [0.15, 0.2) is 61.2 Å². The van der Waals surface area contributed by atoms with E-state index in [0.29, 0.717) is 46.1 Å². The van der Waals surface area contributed by atoms with E-state index in [1.165, 1.54) is 21.3 Å². The van der Waals surface area contributed by atoms with E-state index in [2.05, 4.69) is 30.9 Å². The van der Waals surface area contributed by atoms with E-state index in [0.717, 1.165) is 5.69 Å². The summed E-state index contributed by atoms with van der Waals surface area (Å²) in [5.74, 6) is 3.30. The van der Waals surface area contributed by atoms with E-state index in [4.69, 9.17) is 14.2 Å². The van der Waals surface area contributed by atoms with Crippen molar-refractivity contribution in [2.45, 2.75) is 6.92 Å². The molecule has 0 atom stereocenters. The van der Waals surface area contributed by atoms with Crippen LogP contribution in [0.5, 0.6) is 17.2 Å². The summed E-state index contributed by atoms with van der Waals surface area (Å²) in [4.78, 5) is 25.4. The first-order chi connectivity index (χ1) is 17.0. The highest BCUT2D eigenvalue weighted by molar-refractivity contribution is 6.00. The van der Waals surface area contributed by atoms with E-state index >= 15 is 0 Å². The number of methoxy groups -OCH3 is 3. The fourth-order valence-corrected chi connectivity index (χ4v) is 3.37. The van der Waals surface area contributed by atoms with E-state index in [1.54, 1.807) is 41.4 Å². The molecule has 0 aliphatic carbocycles. The standard InChI is InChI=1S/C24H25N7O4/c1-15-26-21(13-22(27-15)31-10-9-25-14-31)28-16-5-7-17(8-6-16)29-24(32)30-18-11-19(33-2)23(35-4)20(12-18)34-3/h5-14H,1-4H3,(H,26,27,28)(H2,29,30,32). The van der Waals surface area contributed by atoms with Crippen molar-refractivity contribution in [1.29, 1.82) is 0 Å². The van der Waals surface area contributed by atoms with Gasteiger partial charge in [0.2, 0.25) is 5.75 Å². The summed E-state index contributed by atoms with van der Waals surface area (Å²) in [6.45, 7) is 1.82. The van der Waals surface area contributed by atoms with Crippen LogP contribution in [-0.4, -0.2) is 46.9 Å². The quantitative estimate of drug-likeness (QED) is 0.343. The molecule has 2 aromatic heterocycles. The molecule has 11 heteroatoms. The van der Waals surface area contributed by atoms with Crippen LogP contribution in [0.4, 0.5) is 27.7 Å². The van der Waals surface area contributed by atoms with Crippen molar-refractivity contribution >= 4 is 28.9 Å².